The molecular weight excluding hydrogens is 440 g/mol. The summed E-state index contributed by atoms with van der Waals surface area (Å²) in [4.78, 5) is 21.2. The second-order valence-electron chi connectivity index (χ2n) is 9.53. The van der Waals surface area contributed by atoms with E-state index in [1.54, 1.807) is 13.3 Å². The van der Waals surface area contributed by atoms with Crippen molar-refractivity contribution >= 4 is 16.6 Å². The van der Waals surface area contributed by atoms with Gasteiger partial charge in [-0.15, -0.1) is 0 Å². The highest BCUT2D eigenvalue weighted by atomic mass is 16.5. The van der Waals surface area contributed by atoms with Gasteiger partial charge in [-0.2, -0.15) is 0 Å². The molecule has 6 rings (SSSR count). The highest BCUT2D eigenvalue weighted by Crippen LogP contribution is 2.45. The monoisotopic (exact) mass is 468 g/mol. The van der Waals surface area contributed by atoms with E-state index in [0.717, 1.165) is 53.8 Å². The lowest BCUT2D eigenvalue weighted by atomic mass is 9.68. The number of aromatic nitrogens is 4. The first kappa shape index (κ1) is 21.6. The molecule has 0 bridgehead atoms. The van der Waals surface area contributed by atoms with Crippen LogP contribution in [-0.2, 0) is 5.41 Å². The summed E-state index contributed by atoms with van der Waals surface area (Å²) in [6.07, 6.45) is 7.33. The molecule has 1 aliphatic carbocycles. The Bertz CT molecular complexity index is 1590. The van der Waals surface area contributed by atoms with Crippen molar-refractivity contribution in [3.05, 3.63) is 81.9 Å². The van der Waals surface area contributed by atoms with Gasteiger partial charge in [-0.25, -0.2) is 4.98 Å². The third-order valence-electron chi connectivity index (χ3n) is 7.57. The van der Waals surface area contributed by atoms with Crippen molar-refractivity contribution in [1.29, 1.82) is 0 Å². The fraction of sp³-hybridized carbons (Fsp3) is 0.321. The standard InChI is InChI=1S/C28H28N4O3/c1-17-25(18(2)35-31-17)21-14-20-22(15-23(21)34-3)32-24(30-26(20)33)16-29-27(32)28(12-8-5-9-13-28)19-10-6-4-7-11-19/h4,6-7,10-11,14-16H,5,8-9,12-13H2,1-3H3,(H,30,33). The van der Waals surface area contributed by atoms with Crippen molar-refractivity contribution in [2.75, 3.05) is 7.11 Å². The second-order valence-corrected chi connectivity index (χ2v) is 9.53. The van der Waals surface area contributed by atoms with Crippen LogP contribution in [0.1, 0.15) is 54.9 Å². The van der Waals surface area contributed by atoms with E-state index in [4.69, 9.17) is 14.2 Å². The van der Waals surface area contributed by atoms with Crippen LogP contribution < -0.4 is 10.3 Å². The highest BCUT2D eigenvalue weighted by molar-refractivity contribution is 5.90. The summed E-state index contributed by atoms with van der Waals surface area (Å²) in [5.74, 6) is 2.31. The zero-order valence-electron chi connectivity index (χ0n) is 20.2. The molecule has 178 valence electrons. The fourth-order valence-corrected chi connectivity index (χ4v) is 5.93. The number of benzene rings is 2. The van der Waals surface area contributed by atoms with E-state index in [1.165, 1.54) is 12.0 Å². The van der Waals surface area contributed by atoms with Crippen LogP contribution in [0.4, 0.5) is 0 Å². The minimum Gasteiger partial charge on any atom is -0.496 e. The Hall–Kier alpha value is -3.87. The van der Waals surface area contributed by atoms with Crippen LogP contribution in [0.15, 0.2) is 58.0 Å². The molecule has 0 aliphatic heterocycles. The zero-order chi connectivity index (χ0) is 24.2. The van der Waals surface area contributed by atoms with E-state index in [9.17, 15) is 4.79 Å². The fourth-order valence-electron chi connectivity index (χ4n) is 5.93. The summed E-state index contributed by atoms with van der Waals surface area (Å²) >= 11 is 0. The van der Waals surface area contributed by atoms with Gasteiger partial charge in [0.1, 0.15) is 23.0 Å². The lowest BCUT2D eigenvalue weighted by Gasteiger charge is -2.37. The SMILES string of the molecule is COc1cc2c(cc1-c1c(C)noc1C)c(=O)[nH]c1cnc(C3(c4ccccc4)CCCCC3)n12. The number of aryl methyl sites for hydroxylation is 2. The van der Waals surface area contributed by atoms with Gasteiger partial charge in [0.25, 0.3) is 5.56 Å². The van der Waals surface area contributed by atoms with Crippen molar-refractivity contribution < 1.29 is 9.26 Å². The van der Waals surface area contributed by atoms with Gasteiger partial charge >= 0.3 is 0 Å². The Morgan fingerprint density at radius 3 is 2.54 bits per heavy atom. The van der Waals surface area contributed by atoms with Crippen molar-refractivity contribution in [3.8, 4) is 16.9 Å². The van der Waals surface area contributed by atoms with Gasteiger partial charge in [0.05, 0.1) is 40.9 Å². The molecular formula is C28H28N4O3. The average Bonchev–Trinajstić information content (AvgIpc) is 3.47. The van der Waals surface area contributed by atoms with Gasteiger partial charge in [0.2, 0.25) is 0 Å². The molecule has 0 amide bonds. The topological polar surface area (TPSA) is 85.4 Å². The summed E-state index contributed by atoms with van der Waals surface area (Å²) in [5, 5.41) is 4.67. The maximum Gasteiger partial charge on any atom is 0.258 e. The molecule has 1 fully saturated rings. The van der Waals surface area contributed by atoms with Crippen molar-refractivity contribution in [2.45, 2.75) is 51.4 Å². The molecule has 1 aliphatic rings. The Labute approximate surface area is 202 Å². The largest absolute Gasteiger partial charge is 0.496 e. The van der Waals surface area contributed by atoms with Crippen LogP contribution in [0.25, 0.3) is 27.7 Å². The first-order chi connectivity index (χ1) is 17.0. The number of ether oxygens (including phenoxy) is 1. The molecule has 35 heavy (non-hydrogen) atoms. The summed E-state index contributed by atoms with van der Waals surface area (Å²) in [6.45, 7) is 3.76. The van der Waals surface area contributed by atoms with E-state index >= 15 is 0 Å². The van der Waals surface area contributed by atoms with Gasteiger partial charge in [-0.05, 0) is 38.3 Å². The molecule has 5 aromatic rings. The molecule has 7 heteroatoms. The Morgan fingerprint density at radius 1 is 1.09 bits per heavy atom. The number of aromatic amines is 1. The normalized spacial score (nSPS) is 15.6. The van der Waals surface area contributed by atoms with Gasteiger partial charge in [0, 0.05) is 11.6 Å². The highest BCUT2D eigenvalue weighted by Gasteiger charge is 2.39. The number of H-pyrrole nitrogens is 1. The van der Waals surface area contributed by atoms with Crippen LogP contribution in [0.2, 0.25) is 0 Å². The first-order valence-corrected chi connectivity index (χ1v) is 12.1. The summed E-state index contributed by atoms with van der Waals surface area (Å²) in [7, 11) is 1.65. The van der Waals surface area contributed by atoms with E-state index in [2.05, 4.69) is 44.9 Å². The minimum absolute atomic E-state index is 0.160. The molecule has 1 saturated carbocycles. The number of nitrogens with one attached hydrogen (secondary N) is 1. The number of rotatable bonds is 4. The molecule has 0 atom stereocenters. The number of imidazole rings is 1. The van der Waals surface area contributed by atoms with E-state index in [1.807, 2.05) is 26.0 Å². The van der Waals surface area contributed by atoms with Crippen LogP contribution in [0.5, 0.6) is 5.75 Å². The quantitative estimate of drug-likeness (QED) is 0.365. The molecule has 1 N–H and O–H groups in total. The second kappa shape index (κ2) is 8.12. The van der Waals surface area contributed by atoms with Gasteiger partial charge < -0.3 is 14.2 Å². The molecule has 0 unspecified atom stereocenters. The van der Waals surface area contributed by atoms with Crippen LogP contribution >= 0.6 is 0 Å². The van der Waals surface area contributed by atoms with Crippen LogP contribution in [0, 0.1) is 13.8 Å². The number of hydrogen-bond acceptors (Lipinski definition) is 5. The van der Waals surface area contributed by atoms with Crippen LogP contribution in [-0.4, -0.2) is 26.6 Å². The molecule has 0 radical (unpaired) electrons. The average molecular weight is 469 g/mol. The lowest BCUT2D eigenvalue weighted by Crippen LogP contribution is -2.33. The van der Waals surface area contributed by atoms with Gasteiger partial charge in [-0.1, -0.05) is 54.8 Å². The number of hydrogen-bond donors (Lipinski definition) is 1. The smallest absolute Gasteiger partial charge is 0.258 e. The zero-order valence-corrected chi connectivity index (χ0v) is 20.2. The third kappa shape index (κ3) is 3.21. The van der Waals surface area contributed by atoms with Crippen molar-refractivity contribution in [3.63, 3.8) is 0 Å². The Balaban J connectivity index is 1.69. The predicted molar refractivity (Wildman–Crippen MR) is 135 cm³/mol. The molecule has 0 spiro atoms. The maximum absolute atomic E-state index is 13.2. The van der Waals surface area contributed by atoms with Crippen LogP contribution in [0.3, 0.4) is 0 Å². The molecule has 7 nitrogen and oxygen atoms in total. The van der Waals surface area contributed by atoms with Gasteiger partial charge in [-0.3, -0.25) is 9.20 Å². The van der Waals surface area contributed by atoms with E-state index in [-0.39, 0.29) is 11.0 Å². The summed E-state index contributed by atoms with van der Waals surface area (Å²) in [5.41, 5.74) is 4.75. The Kier molecular flexibility index (Phi) is 5.02. The summed E-state index contributed by atoms with van der Waals surface area (Å²) in [6, 6.07) is 14.5. The summed E-state index contributed by atoms with van der Waals surface area (Å²) < 4.78 is 13.4. The number of fused-ring (bicyclic) bond motifs is 3. The predicted octanol–water partition coefficient (Wildman–Crippen LogP) is 5.71. The third-order valence-corrected chi connectivity index (χ3v) is 7.57. The number of methoxy groups -OCH3 is 1. The van der Waals surface area contributed by atoms with E-state index in [0.29, 0.717) is 22.5 Å². The van der Waals surface area contributed by atoms with E-state index < -0.39 is 0 Å². The minimum atomic E-state index is -0.218. The molecule has 3 heterocycles. The van der Waals surface area contributed by atoms with Crippen molar-refractivity contribution in [2.24, 2.45) is 0 Å². The van der Waals surface area contributed by atoms with Gasteiger partial charge in [0.15, 0.2) is 0 Å². The molecule has 0 saturated heterocycles. The number of nitrogens with zero attached hydrogens (tertiary/aromatic N) is 3. The lowest BCUT2D eigenvalue weighted by molar-refractivity contribution is 0.330. The molecule has 2 aromatic carbocycles. The van der Waals surface area contributed by atoms with Crippen molar-refractivity contribution in [1.82, 2.24) is 19.5 Å². The first-order valence-electron chi connectivity index (χ1n) is 12.1. The molecule has 3 aromatic heterocycles. The maximum atomic E-state index is 13.2. The Morgan fingerprint density at radius 2 is 1.86 bits per heavy atom.